The van der Waals surface area contributed by atoms with E-state index in [-0.39, 0.29) is 42.7 Å². The van der Waals surface area contributed by atoms with Crippen LogP contribution >= 0.6 is 0 Å². The number of nitrogens with zero attached hydrogens (tertiary/aromatic N) is 7. The molecule has 0 saturated heterocycles. The maximum absolute atomic E-state index is 6.70. The number of aromatic nitrogens is 5. The average molecular weight is 1100 g/mol. The smallest absolute Gasteiger partial charge is 0.135 e. The molecular weight excluding hydrogens is 1040 g/mol. The maximum Gasteiger partial charge on any atom is 0.135 e. The van der Waals surface area contributed by atoms with Crippen LogP contribution in [-0.4, -0.2) is 24.5 Å². The van der Waals surface area contributed by atoms with E-state index in [1.807, 2.05) is 49.2 Å². The molecular formula is C61H60N7OPt-3. The molecule has 0 bridgehead atoms. The van der Waals surface area contributed by atoms with Gasteiger partial charge in [0.2, 0.25) is 0 Å². The quantitative estimate of drug-likeness (QED) is 0.147. The minimum Gasteiger partial charge on any atom is -0.509 e. The van der Waals surface area contributed by atoms with Gasteiger partial charge in [-0.05, 0) is 110 Å². The van der Waals surface area contributed by atoms with E-state index in [9.17, 15) is 0 Å². The Bertz CT molecular complexity index is 3340. The number of fused-ring (bicyclic) bond motifs is 4. The van der Waals surface area contributed by atoms with Crippen molar-refractivity contribution in [1.82, 2.24) is 24.5 Å². The molecule has 8 nitrogen and oxygen atoms in total. The third-order valence-corrected chi connectivity index (χ3v) is 13.2. The van der Waals surface area contributed by atoms with Gasteiger partial charge in [-0.25, -0.2) is 4.98 Å². The molecule has 0 aliphatic carbocycles. The van der Waals surface area contributed by atoms with Crippen molar-refractivity contribution in [3.05, 3.63) is 181 Å². The Kier molecular flexibility index (Phi) is 12.4. The van der Waals surface area contributed by atoms with Crippen molar-refractivity contribution < 1.29 is 25.8 Å². The monoisotopic (exact) mass is 1100 g/mol. The zero-order chi connectivity index (χ0) is 48.6. The first kappa shape index (κ1) is 48.4. The fourth-order valence-electron chi connectivity index (χ4n) is 9.12. The van der Waals surface area contributed by atoms with Crippen LogP contribution in [0, 0.1) is 18.8 Å². The average Bonchev–Trinajstić information content (AvgIpc) is 3.86. The van der Waals surface area contributed by atoms with E-state index >= 15 is 0 Å². The fourth-order valence-corrected chi connectivity index (χ4v) is 9.12. The van der Waals surface area contributed by atoms with E-state index in [0.29, 0.717) is 11.5 Å². The summed E-state index contributed by atoms with van der Waals surface area (Å²) in [6.07, 6.45) is 9.55. The molecule has 358 valence electrons. The molecule has 6 heterocycles. The summed E-state index contributed by atoms with van der Waals surface area (Å²) in [7, 11) is 0. The molecule has 70 heavy (non-hydrogen) atoms. The van der Waals surface area contributed by atoms with E-state index in [2.05, 4.69) is 207 Å². The standard InChI is InChI=1S/C61H60N7O.Pt/c1-58(2,3)39-22-27-63-50(32-39)48-30-42(61(10,11)12)31-49(51-33-40(23-28-64-51)59(4,5)6)57(48)67-38-66(53-25-26-62-37-55(53)67)43-16-15-17-44(35-43)69-45-20-21-47-46-18-13-14-19-52(46)68(54(47)36-45)56-34-41(24-29-65-56)60(7,8)9;/h13-34,37-38H,1-12H3;/q-3;. The van der Waals surface area contributed by atoms with Crippen molar-refractivity contribution in [2.75, 3.05) is 9.80 Å². The Morgan fingerprint density at radius 3 is 1.71 bits per heavy atom. The molecule has 1 aliphatic rings. The third kappa shape index (κ3) is 9.15. The first-order valence-corrected chi connectivity index (χ1v) is 23.8. The summed E-state index contributed by atoms with van der Waals surface area (Å²) in [4.78, 5) is 24.2. The SMILES string of the molecule is CC(C)(C)c1ccnc(-c2cc(C(C)(C)C)cc(-c3cc(C(C)(C)C)ccn3)c2N2[CH-]N(c3[c-]c(Oc4[c-]c5c(cc4)c4ccccc4n5-c4cc(C(C)(C)C)ccn4)ccc3)c3ccncc32)c1.[Pt]. The molecule has 4 aromatic carbocycles. The van der Waals surface area contributed by atoms with Gasteiger partial charge in [-0.2, -0.15) is 12.1 Å². The van der Waals surface area contributed by atoms with Crippen molar-refractivity contribution in [3.8, 4) is 39.8 Å². The van der Waals surface area contributed by atoms with Gasteiger partial charge in [0.05, 0.1) is 23.3 Å². The summed E-state index contributed by atoms with van der Waals surface area (Å²) in [5.74, 6) is 1.97. The number of benzene rings is 4. The van der Waals surface area contributed by atoms with Gasteiger partial charge in [0.15, 0.2) is 0 Å². The van der Waals surface area contributed by atoms with Crippen molar-refractivity contribution in [2.45, 2.75) is 105 Å². The van der Waals surface area contributed by atoms with Crippen LogP contribution in [0.15, 0.2) is 140 Å². The van der Waals surface area contributed by atoms with Crippen molar-refractivity contribution >= 4 is 44.6 Å². The Morgan fingerprint density at radius 1 is 0.500 bits per heavy atom. The molecule has 5 aromatic heterocycles. The second-order valence-electron chi connectivity index (χ2n) is 22.3. The molecule has 0 fully saturated rings. The van der Waals surface area contributed by atoms with Gasteiger partial charge in [0.1, 0.15) is 5.82 Å². The second kappa shape index (κ2) is 18.0. The molecule has 0 radical (unpaired) electrons. The minimum atomic E-state index is -0.173. The number of hydrogen-bond donors (Lipinski definition) is 0. The molecule has 0 saturated carbocycles. The van der Waals surface area contributed by atoms with Crippen LogP contribution in [0.1, 0.15) is 105 Å². The predicted molar refractivity (Wildman–Crippen MR) is 283 cm³/mol. The zero-order valence-electron chi connectivity index (χ0n) is 42.2. The number of rotatable bonds is 7. The van der Waals surface area contributed by atoms with Crippen molar-refractivity contribution in [3.63, 3.8) is 0 Å². The molecule has 0 unspecified atom stereocenters. The summed E-state index contributed by atoms with van der Waals surface area (Å²) in [6.45, 7) is 29.1. The minimum absolute atomic E-state index is 0. The van der Waals surface area contributed by atoms with Gasteiger partial charge in [-0.15, -0.1) is 48.1 Å². The summed E-state index contributed by atoms with van der Waals surface area (Å²) in [5.41, 5.74) is 13.8. The van der Waals surface area contributed by atoms with Crippen molar-refractivity contribution in [2.24, 2.45) is 0 Å². The number of hydrogen-bond acceptors (Lipinski definition) is 7. The normalized spacial score (nSPS) is 13.2. The second-order valence-corrected chi connectivity index (χ2v) is 22.3. The third-order valence-electron chi connectivity index (χ3n) is 13.2. The topological polar surface area (TPSA) is 72.2 Å². The van der Waals surface area contributed by atoms with E-state index in [4.69, 9.17) is 24.7 Å². The van der Waals surface area contributed by atoms with Crippen LogP contribution < -0.4 is 14.5 Å². The largest absolute Gasteiger partial charge is 0.509 e. The van der Waals surface area contributed by atoms with Gasteiger partial charge in [0.25, 0.3) is 0 Å². The number of anilines is 4. The first-order chi connectivity index (χ1) is 32.7. The first-order valence-electron chi connectivity index (χ1n) is 23.8. The molecule has 9 aromatic rings. The van der Waals surface area contributed by atoms with E-state index in [1.54, 1.807) is 0 Å². The van der Waals surface area contributed by atoms with E-state index < -0.39 is 0 Å². The van der Waals surface area contributed by atoms with Crippen molar-refractivity contribution in [1.29, 1.82) is 0 Å². The molecule has 0 atom stereocenters. The van der Waals surface area contributed by atoms with Crippen LogP contribution in [0.4, 0.5) is 22.7 Å². The van der Waals surface area contributed by atoms with Crippen LogP contribution in [0.25, 0.3) is 50.1 Å². The Balaban J connectivity index is 0.00000608. The Labute approximate surface area is 428 Å². The van der Waals surface area contributed by atoms with Gasteiger partial charge in [0, 0.05) is 85.4 Å². The molecule has 0 spiro atoms. The Hall–Kier alpha value is -6.63. The van der Waals surface area contributed by atoms with Gasteiger partial charge < -0.3 is 19.1 Å². The summed E-state index contributed by atoms with van der Waals surface area (Å²) >= 11 is 0. The Morgan fingerprint density at radius 2 is 1.09 bits per heavy atom. The number of para-hydroxylation sites is 1. The molecule has 1 aliphatic heterocycles. The van der Waals surface area contributed by atoms with E-state index in [0.717, 1.165) is 72.9 Å². The molecule has 0 amide bonds. The number of pyridine rings is 4. The maximum atomic E-state index is 6.70. The zero-order valence-corrected chi connectivity index (χ0v) is 44.5. The van der Waals surface area contributed by atoms with Crippen LogP contribution in [0.2, 0.25) is 0 Å². The molecule has 10 rings (SSSR count). The van der Waals surface area contributed by atoms with Crippen LogP contribution in [-0.2, 0) is 42.7 Å². The van der Waals surface area contributed by atoms with E-state index in [1.165, 1.54) is 22.3 Å². The van der Waals surface area contributed by atoms with Gasteiger partial charge >= 0.3 is 0 Å². The van der Waals surface area contributed by atoms with Crippen LogP contribution in [0.3, 0.4) is 0 Å². The van der Waals surface area contributed by atoms with Gasteiger partial charge in [-0.1, -0.05) is 107 Å². The predicted octanol–water partition coefficient (Wildman–Crippen LogP) is 15.7. The summed E-state index contributed by atoms with van der Waals surface area (Å²) < 4.78 is 8.89. The fraction of sp³-hybridized carbons (Fsp3) is 0.262. The van der Waals surface area contributed by atoms with Crippen LogP contribution in [0.5, 0.6) is 11.5 Å². The van der Waals surface area contributed by atoms with Gasteiger partial charge in [-0.3, -0.25) is 15.0 Å². The number of ether oxygens (including phenoxy) is 1. The summed E-state index contributed by atoms with van der Waals surface area (Å²) in [6, 6.07) is 45.5. The molecule has 9 heteroatoms. The summed E-state index contributed by atoms with van der Waals surface area (Å²) in [5, 5.41) is 2.20. The molecule has 0 N–H and O–H groups in total.